The molecule has 1 aromatic carbocycles. The Bertz CT molecular complexity index is 632. The molecular weight excluding hydrogens is 405 g/mol. The average Bonchev–Trinajstić information content (AvgIpc) is 2.43. The zero-order valence-corrected chi connectivity index (χ0v) is 15.1. The van der Waals surface area contributed by atoms with Crippen LogP contribution in [-0.2, 0) is 0 Å². The lowest BCUT2D eigenvalue weighted by molar-refractivity contribution is 0.958. The fourth-order valence-corrected chi connectivity index (χ4v) is 2.50. The molecule has 1 N–H and O–H groups in total. The highest BCUT2D eigenvalue weighted by Gasteiger charge is 2.11. The van der Waals surface area contributed by atoms with Gasteiger partial charge in [-0.25, -0.2) is 9.97 Å². The summed E-state index contributed by atoms with van der Waals surface area (Å²) in [6, 6.07) is 5.68. The summed E-state index contributed by atoms with van der Waals surface area (Å²) >= 11 is 13.0. The highest BCUT2D eigenvalue weighted by Crippen LogP contribution is 2.30. The van der Waals surface area contributed by atoms with Gasteiger partial charge in [0.25, 0.3) is 0 Å². The van der Waals surface area contributed by atoms with Gasteiger partial charge < -0.3 is 5.32 Å². The lowest BCUT2D eigenvalue weighted by Crippen LogP contribution is -2.06. The summed E-state index contributed by atoms with van der Waals surface area (Å²) in [7, 11) is 0. The van der Waals surface area contributed by atoms with E-state index in [1.807, 2.05) is 25.1 Å². The quantitative estimate of drug-likeness (QED) is 0.716. The van der Waals surface area contributed by atoms with Crippen LogP contribution in [0.1, 0.15) is 19.0 Å². The van der Waals surface area contributed by atoms with Crippen LogP contribution in [0.5, 0.6) is 0 Å². The molecule has 6 heteroatoms. The Hall–Kier alpha value is -0.650. The SMILES string of the molecule is CCCNc1nc(-c2ccc(Cl)c(Br)c2)nc(C)c1Br. The Labute approximate surface area is 140 Å². The van der Waals surface area contributed by atoms with Gasteiger partial charge in [-0.2, -0.15) is 0 Å². The van der Waals surface area contributed by atoms with Gasteiger partial charge in [0.1, 0.15) is 5.82 Å². The molecule has 0 amide bonds. The van der Waals surface area contributed by atoms with Crippen LogP contribution < -0.4 is 5.32 Å². The van der Waals surface area contributed by atoms with Crippen LogP contribution in [0.25, 0.3) is 11.4 Å². The molecule has 0 fully saturated rings. The van der Waals surface area contributed by atoms with E-state index < -0.39 is 0 Å². The van der Waals surface area contributed by atoms with Crippen LogP contribution in [0, 0.1) is 6.92 Å². The Kier molecular flexibility index (Phi) is 5.41. The zero-order valence-electron chi connectivity index (χ0n) is 11.2. The van der Waals surface area contributed by atoms with E-state index in [0.717, 1.165) is 39.0 Å². The van der Waals surface area contributed by atoms with Crippen molar-refractivity contribution in [2.24, 2.45) is 0 Å². The Morgan fingerprint density at radius 1 is 1.25 bits per heavy atom. The predicted octanol–water partition coefficient (Wildman–Crippen LogP) is 5.45. The molecule has 0 unspecified atom stereocenters. The van der Waals surface area contributed by atoms with Gasteiger partial charge in [0, 0.05) is 16.6 Å². The van der Waals surface area contributed by atoms with Crippen LogP contribution in [-0.4, -0.2) is 16.5 Å². The van der Waals surface area contributed by atoms with Gasteiger partial charge in [0.15, 0.2) is 5.82 Å². The van der Waals surface area contributed by atoms with Gasteiger partial charge >= 0.3 is 0 Å². The number of anilines is 1. The third-order valence-electron chi connectivity index (χ3n) is 2.74. The van der Waals surface area contributed by atoms with Crippen molar-refractivity contribution in [3.8, 4) is 11.4 Å². The van der Waals surface area contributed by atoms with Crippen molar-refractivity contribution >= 4 is 49.3 Å². The van der Waals surface area contributed by atoms with E-state index in [2.05, 4.69) is 54.1 Å². The fourth-order valence-electron chi connectivity index (χ4n) is 1.68. The minimum absolute atomic E-state index is 0.673. The molecule has 0 atom stereocenters. The van der Waals surface area contributed by atoms with Crippen molar-refractivity contribution in [2.45, 2.75) is 20.3 Å². The number of hydrogen-bond acceptors (Lipinski definition) is 3. The lowest BCUT2D eigenvalue weighted by Gasteiger charge is -2.11. The molecule has 2 rings (SSSR count). The molecule has 0 aliphatic heterocycles. The first-order valence-corrected chi connectivity index (χ1v) is 8.22. The second kappa shape index (κ2) is 6.87. The zero-order chi connectivity index (χ0) is 14.7. The lowest BCUT2D eigenvalue weighted by atomic mass is 10.2. The molecule has 0 saturated heterocycles. The number of hydrogen-bond donors (Lipinski definition) is 1. The normalized spacial score (nSPS) is 10.7. The van der Waals surface area contributed by atoms with Gasteiger partial charge in [0.2, 0.25) is 0 Å². The van der Waals surface area contributed by atoms with E-state index in [-0.39, 0.29) is 0 Å². The van der Waals surface area contributed by atoms with Crippen LogP contribution in [0.4, 0.5) is 5.82 Å². The fraction of sp³-hybridized carbons (Fsp3) is 0.286. The van der Waals surface area contributed by atoms with Gasteiger partial charge in [-0.1, -0.05) is 18.5 Å². The summed E-state index contributed by atoms with van der Waals surface area (Å²) < 4.78 is 1.74. The maximum atomic E-state index is 6.02. The number of benzene rings is 1. The van der Waals surface area contributed by atoms with E-state index in [0.29, 0.717) is 10.8 Å². The number of nitrogens with one attached hydrogen (secondary N) is 1. The van der Waals surface area contributed by atoms with Crippen molar-refractivity contribution in [1.82, 2.24) is 9.97 Å². The topological polar surface area (TPSA) is 37.8 Å². The van der Waals surface area contributed by atoms with Crippen molar-refractivity contribution < 1.29 is 0 Å². The predicted molar refractivity (Wildman–Crippen MR) is 91.4 cm³/mol. The van der Waals surface area contributed by atoms with Crippen LogP contribution in [0.3, 0.4) is 0 Å². The van der Waals surface area contributed by atoms with Crippen molar-refractivity contribution in [3.05, 3.63) is 37.9 Å². The van der Waals surface area contributed by atoms with Gasteiger partial charge in [-0.15, -0.1) is 0 Å². The first-order chi connectivity index (χ1) is 9.52. The summed E-state index contributed by atoms with van der Waals surface area (Å²) in [6.45, 7) is 4.95. The summed E-state index contributed by atoms with van der Waals surface area (Å²) in [4.78, 5) is 9.10. The molecule has 0 saturated carbocycles. The molecule has 20 heavy (non-hydrogen) atoms. The molecule has 1 heterocycles. The smallest absolute Gasteiger partial charge is 0.161 e. The first kappa shape index (κ1) is 15.7. The molecule has 0 bridgehead atoms. The van der Waals surface area contributed by atoms with Gasteiger partial charge in [-0.05, 0) is 63.4 Å². The largest absolute Gasteiger partial charge is 0.369 e. The number of rotatable bonds is 4. The minimum atomic E-state index is 0.673. The maximum Gasteiger partial charge on any atom is 0.161 e. The van der Waals surface area contributed by atoms with Gasteiger partial charge in [0.05, 0.1) is 15.2 Å². The number of aryl methyl sites for hydroxylation is 1. The maximum absolute atomic E-state index is 6.02. The van der Waals surface area contributed by atoms with E-state index in [4.69, 9.17) is 11.6 Å². The highest BCUT2D eigenvalue weighted by atomic mass is 79.9. The number of halogens is 3. The molecule has 0 aliphatic carbocycles. The van der Waals surface area contributed by atoms with E-state index in [1.165, 1.54) is 0 Å². The van der Waals surface area contributed by atoms with Crippen LogP contribution in [0.15, 0.2) is 27.1 Å². The Morgan fingerprint density at radius 2 is 2.00 bits per heavy atom. The molecule has 106 valence electrons. The summed E-state index contributed by atoms with van der Waals surface area (Å²) in [6.07, 6.45) is 1.04. The second-order valence-electron chi connectivity index (χ2n) is 4.35. The van der Waals surface area contributed by atoms with Crippen LogP contribution in [0.2, 0.25) is 5.02 Å². The molecule has 0 radical (unpaired) electrons. The number of aromatic nitrogens is 2. The molecule has 0 spiro atoms. The third-order valence-corrected chi connectivity index (χ3v) is 4.90. The monoisotopic (exact) mass is 417 g/mol. The van der Waals surface area contributed by atoms with Crippen molar-refractivity contribution in [1.29, 1.82) is 0 Å². The number of nitrogens with zero attached hydrogens (tertiary/aromatic N) is 2. The molecule has 2 aromatic rings. The third kappa shape index (κ3) is 3.51. The van der Waals surface area contributed by atoms with E-state index in [1.54, 1.807) is 0 Å². The Balaban J connectivity index is 2.45. The van der Waals surface area contributed by atoms with Crippen LogP contribution >= 0.6 is 43.5 Å². The van der Waals surface area contributed by atoms with Gasteiger partial charge in [-0.3, -0.25) is 0 Å². The summed E-state index contributed by atoms with van der Waals surface area (Å²) in [5, 5.41) is 3.98. The molecule has 0 aliphatic rings. The standard InChI is InChI=1S/C14H14Br2ClN3/c1-3-6-18-14-12(16)8(2)19-13(20-14)9-4-5-11(17)10(15)7-9/h4-5,7H,3,6H2,1-2H3,(H,18,19,20). The molecular formula is C14H14Br2ClN3. The Morgan fingerprint density at radius 3 is 2.65 bits per heavy atom. The van der Waals surface area contributed by atoms with Crippen molar-refractivity contribution in [3.63, 3.8) is 0 Å². The minimum Gasteiger partial charge on any atom is -0.369 e. The summed E-state index contributed by atoms with van der Waals surface area (Å²) in [5.41, 5.74) is 1.83. The van der Waals surface area contributed by atoms with E-state index in [9.17, 15) is 0 Å². The van der Waals surface area contributed by atoms with E-state index >= 15 is 0 Å². The molecule has 3 nitrogen and oxygen atoms in total. The summed E-state index contributed by atoms with van der Waals surface area (Å²) in [5.74, 6) is 1.50. The highest BCUT2D eigenvalue weighted by molar-refractivity contribution is 9.11. The van der Waals surface area contributed by atoms with Crippen molar-refractivity contribution in [2.75, 3.05) is 11.9 Å². The molecule has 1 aromatic heterocycles. The average molecular weight is 420 g/mol. The second-order valence-corrected chi connectivity index (χ2v) is 6.41. The first-order valence-electron chi connectivity index (χ1n) is 6.26.